The maximum absolute atomic E-state index is 14.4. The molecule has 1 aromatic carbocycles. The van der Waals surface area contributed by atoms with Gasteiger partial charge in [0.2, 0.25) is 0 Å². The van der Waals surface area contributed by atoms with Gasteiger partial charge in [0.25, 0.3) is 0 Å². The van der Waals surface area contributed by atoms with Gasteiger partial charge in [0.15, 0.2) is 11.6 Å². The van der Waals surface area contributed by atoms with Crippen LogP contribution in [0.25, 0.3) is 12.2 Å². The molecule has 0 aliphatic heterocycles. The zero-order valence-electron chi connectivity index (χ0n) is 15.3. The van der Waals surface area contributed by atoms with Crippen molar-refractivity contribution >= 4 is 29.7 Å². The summed E-state index contributed by atoms with van der Waals surface area (Å²) in [7, 11) is 0. The van der Waals surface area contributed by atoms with Crippen molar-refractivity contribution in [3.63, 3.8) is 0 Å². The molecule has 0 spiro atoms. The molecule has 0 saturated heterocycles. The lowest BCUT2D eigenvalue weighted by Gasteiger charge is -2.15. The zero-order chi connectivity index (χ0) is 20.0. The molecule has 0 fully saturated rings. The molecule has 1 aromatic heterocycles. The molecule has 1 N–H and O–H groups in total. The summed E-state index contributed by atoms with van der Waals surface area (Å²) in [6.07, 6.45) is 6.31. The lowest BCUT2D eigenvalue weighted by Crippen LogP contribution is -2.11. The highest BCUT2D eigenvalue weighted by Crippen LogP contribution is 2.29. The molecule has 1 heterocycles. The minimum atomic E-state index is -0.932. The first kappa shape index (κ1) is 20.7. The fourth-order valence-corrected chi connectivity index (χ4v) is 2.68. The van der Waals surface area contributed by atoms with E-state index >= 15 is 0 Å². The van der Waals surface area contributed by atoms with Crippen LogP contribution in [0, 0.1) is 11.7 Å². The molecule has 7 heteroatoms. The van der Waals surface area contributed by atoms with Crippen LogP contribution in [0.4, 0.5) is 4.39 Å². The van der Waals surface area contributed by atoms with Crippen molar-refractivity contribution in [2.75, 3.05) is 6.61 Å². The van der Waals surface area contributed by atoms with Gasteiger partial charge in [0.1, 0.15) is 0 Å². The molecule has 0 atom stereocenters. The van der Waals surface area contributed by atoms with Crippen molar-refractivity contribution in [1.82, 2.24) is 9.78 Å². The van der Waals surface area contributed by atoms with Crippen molar-refractivity contribution in [3.05, 3.63) is 58.6 Å². The summed E-state index contributed by atoms with van der Waals surface area (Å²) in [6, 6.07) is 2.85. The van der Waals surface area contributed by atoms with Crippen LogP contribution in [0.2, 0.25) is 5.02 Å². The number of benzene rings is 1. The van der Waals surface area contributed by atoms with Crippen LogP contribution in [0.5, 0.6) is 5.75 Å². The van der Waals surface area contributed by atoms with Crippen LogP contribution in [-0.2, 0) is 11.3 Å². The summed E-state index contributed by atoms with van der Waals surface area (Å²) < 4.78 is 21.7. The number of hydrogen-bond acceptors (Lipinski definition) is 3. The predicted molar refractivity (Wildman–Crippen MR) is 104 cm³/mol. The molecule has 0 aliphatic rings. The van der Waals surface area contributed by atoms with Gasteiger partial charge in [0, 0.05) is 16.1 Å². The van der Waals surface area contributed by atoms with Gasteiger partial charge in [-0.25, -0.2) is 4.39 Å². The van der Waals surface area contributed by atoms with E-state index in [1.807, 2.05) is 13.8 Å². The molecule has 2 rings (SSSR count). The topological polar surface area (TPSA) is 64.4 Å². The van der Waals surface area contributed by atoms with Crippen molar-refractivity contribution in [2.24, 2.45) is 5.92 Å². The van der Waals surface area contributed by atoms with Crippen molar-refractivity contribution in [2.45, 2.75) is 26.8 Å². The molecule has 2 aromatic rings. The standard InChI is InChI=1S/C20H22ClFN2O3/c1-4-14-10-23-24(18(14)6-5-7-19(25)26)11-15-8-16(21)9-17(22)20(15)27-12-13(2)3/h4-6,8-10,13H,1,7,11-12H2,2-3H3,(H,25,26)/b6-5-. The van der Waals surface area contributed by atoms with E-state index in [2.05, 4.69) is 11.7 Å². The normalized spacial score (nSPS) is 11.3. The first-order chi connectivity index (χ1) is 12.8. The van der Waals surface area contributed by atoms with Crippen LogP contribution < -0.4 is 4.74 Å². The SMILES string of the molecule is C=Cc1cnn(Cc2cc(Cl)cc(F)c2OCC(C)C)c1/C=C\CC(=O)O. The Morgan fingerprint density at radius 2 is 2.22 bits per heavy atom. The molecular formula is C20H22ClFN2O3. The third kappa shape index (κ3) is 5.69. The molecule has 144 valence electrons. The third-order valence-corrected chi connectivity index (χ3v) is 3.88. The second-order valence-corrected chi connectivity index (χ2v) is 6.86. The van der Waals surface area contributed by atoms with Crippen LogP contribution in [0.1, 0.15) is 37.1 Å². The Balaban J connectivity index is 2.39. The smallest absolute Gasteiger partial charge is 0.307 e. The van der Waals surface area contributed by atoms with Crippen LogP contribution in [0.3, 0.4) is 0 Å². The van der Waals surface area contributed by atoms with E-state index in [1.54, 1.807) is 29.1 Å². The van der Waals surface area contributed by atoms with E-state index in [-0.39, 0.29) is 29.7 Å². The minimum Gasteiger partial charge on any atom is -0.490 e. The number of hydrogen-bond donors (Lipinski definition) is 1. The highest BCUT2D eigenvalue weighted by molar-refractivity contribution is 6.30. The Kier molecular flexibility index (Phi) is 7.19. The van der Waals surface area contributed by atoms with Gasteiger partial charge in [-0.2, -0.15) is 5.10 Å². The van der Waals surface area contributed by atoms with Gasteiger partial charge >= 0.3 is 5.97 Å². The van der Waals surface area contributed by atoms with Crippen LogP contribution in [-0.4, -0.2) is 27.5 Å². The van der Waals surface area contributed by atoms with Crippen molar-refractivity contribution < 1.29 is 19.0 Å². The zero-order valence-corrected chi connectivity index (χ0v) is 16.0. The molecule has 0 aliphatic carbocycles. The molecule has 0 saturated carbocycles. The first-order valence-corrected chi connectivity index (χ1v) is 8.87. The van der Waals surface area contributed by atoms with Gasteiger partial charge in [-0.3, -0.25) is 9.48 Å². The minimum absolute atomic E-state index is 0.115. The lowest BCUT2D eigenvalue weighted by atomic mass is 10.1. The summed E-state index contributed by atoms with van der Waals surface area (Å²) in [6.45, 7) is 8.27. The number of carbonyl (C=O) groups is 1. The van der Waals surface area contributed by atoms with Gasteiger partial charge in [-0.05, 0) is 24.1 Å². The molecule has 0 amide bonds. The molecular weight excluding hydrogens is 371 g/mol. The Morgan fingerprint density at radius 3 is 2.85 bits per heavy atom. The number of halogens is 2. The van der Waals surface area contributed by atoms with Gasteiger partial charge in [0.05, 0.1) is 31.5 Å². The number of carboxylic acid groups (broad SMARTS) is 1. The second-order valence-electron chi connectivity index (χ2n) is 6.43. The van der Waals surface area contributed by atoms with Crippen molar-refractivity contribution in [1.29, 1.82) is 0 Å². The fourth-order valence-electron chi connectivity index (χ4n) is 2.45. The first-order valence-electron chi connectivity index (χ1n) is 8.49. The van der Waals surface area contributed by atoms with Crippen LogP contribution in [0.15, 0.2) is 31.0 Å². The van der Waals surface area contributed by atoms with E-state index in [0.717, 1.165) is 5.56 Å². The molecule has 0 radical (unpaired) electrons. The summed E-state index contributed by atoms with van der Waals surface area (Å²) in [5, 5.41) is 13.4. The highest BCUT2D eigenvalue weighted by Gasteiger charge is 2.16. The molecule has 5 nitrogen and oxygen atoms in total. The summed E-state index contributed by atoms with van der Waals surface area (Å²) in [5.41, 5.74) is 1.96. The van der Waals surface area contributed by atoms with Crippen LogP contribution >= 0.6 is 11.6 Å². The number of ether oxygens (including phenoxy) is 1. The maximum Gasteiger partial charge on any atom is 0.307 e. The summed E-state index contributed by atoms with van der Waals surface area (Å²) >= 11 is 6.02. The quantitative estimate of drug-likeness (QED) is 0.659. The third-order valence-electron chi connectivity index (χ3n) is 3.66. The summed E-state index contributed by atoms with van der Waals surface area (Å²) in [4.78, 5) is 10.7. The van der Waals surface area contributed by atoms with E-state index in [9.17, 15) is 9.18 Å². The average Bonchev–Trinajstić information content (AvgIpc) is 2.95. The molecule has 0 bridgehead atoms. The maximum atomic E-state index is 14.4. The fraction of sp³-hybridized carbons (Fsp3) is 0.300. The number of rotatable bonds is 9. The number of nitrogens with zero attached hydrogens (tertiary/aromatic N) is 2. The highest BCUT2D eigenvalue weighted by atomic mass is 35.5. The lowest BCUT2D eigenvalue weighted by molar-refractivity contribution is -0.135. The van der Waals surface area contributed by atoms with Gasteiger partial charge in [-0.15, -0.1) is 0 Å². The summed E-state index contributed by atoms with van der Waals surface area (Å²) in [5.74, 6) is -1.08. The predicted octanol–water partition coefficient (Wildman–Crippen LogP) is 4.89. The van der Waals surface area contributed by atoms with E-state index in [4.69, 9.17) is 21.4 Å². The van der Waals surface area contributed by atoms with E-state index in [1.165, 1.54) is 12.1 Å². The Hall–Kier alpha value is -2.60. The molecule has 0 unspecified atom stereocenters. The monoisotopic (exact) mass is 392 g/mol. The average molecular weight is 393 g/mol. The number of aromatic nitrogens is 2. The number of carboxylic acids is 1. The largest absolute Gasteiger partial charge is 0.490 e. The van der Waals surface area contributed by atoms with E-state index < -0.39 is 11.8 Å². The Labute approximate surface area is 162 Å². The van der Waals surface area contributed by atoms with Crippen molar-refractivity contribution in [3.8, 4) is 5.75 Å². The Bertz CT molecular complexity index is 859. The molecule has 27 heavy (non-hydrogen) atoms. The van der Waals surface area contributed by atoms with Gasteiger partial charge in [-0.1, -0.05) is 44.2 Å². The number of aliphatic carboxylic acids is 1. The van der Waals surface area contributed by atoms with Gasteiger partial charge < -0.3 is 9.84 Å². The van der Waals surface area contributed by atoms with E-state index in [0.29, 0.717) is 17.9 Å². The second kappa shape index (κ2) is 9.37. The Morgan fingerprint density at radius 1 is 1.48 bits per heavy atom.